The largest absolute Gasteiger partial charge is 0.350 e. The van der Waals surface area contributed by atoms with Crippen LogP contribution in [0.25, 0.3) is 11.0 Å². The van der Waals surface area contributed by atoms with Gasteiger partial charge in [-0.15, -0.1) is 11.3 Å². The molecule has 0 radical (unpaired) electrons. The number of thiazole rings is 1. The van der Waals surface area contributed by atoms with Crippen LogP contribution < -0.4 is 10.9 Å². The Morgan fingerprint density at radius 2 is 2.12 bits per heavy atom. The van der Waals surface area contributed by atoms with Crippen LogP contribution in [0.4, 0.5) is 0 Å². The fourth-order valence-corrected chi connectivity index (χ4v) is 3.67. The molecule has 0 saturated carbocycles. The monoisotopic (exact) mass is 359 g/mol. The molecule has 8 heteroatoms. The number of amides is 1. The number of aromatic nitrogens is 4. The molecule has 132 valence electrons. The Labute approximate surface area is 149 Å². The van der Waals surface area contributed by atoms with Crippen LogP contribution in [0.3, 0.4) is 0 Å². The van der Waals surface area contributed by atoms with E-state index in [1.54, 1.807) is 23.1 Å². The molecule has 7 nitrogen and oxygen atoms in total. The van der Waals surface area contributed by atoms with E-state index in [0.29, 0.717) is 24.2 Å². The number of aromatic amines is 1. The van der Waals surface area contributed by atoms with Crippen molar-refractivity contribution in [3.63, 3.8) is 0 Å². The van der Waals surface area contributed by atoms with Crippen LogP contribution in [0.15, 0.2) is 10.2 Å². The predicted molar refractivity (Wildman–Crippen MR) is 97.8 cm³/mol. The number of fused-ring (bicyclic) bond motifs is 1. The molecular formula is C17H21N5O2S. The van der Waals surface area contributed by atoms with Crippen LogP contribution >= 0.6 is 11.3 Å². The second kappa shape index (κ2) is 6.79. The van der Waals surface area contributed by atoms with Crippen molar-refractivity contribution in [1.82, 2.24) is 25.1 Å². The second-order valence-corrected chi connectivity index (χ2v) is 7.19. The highest BCUT2D eigenvalue weighted by Crippen LogP contribution is 2.21. The number of rotatable bonds is 5. The third-order valence-electron chi connectivity index (χ3n) is 4.29. The van der Waals surface area contributed by atoms with Gasteiger partial charge in [0.25, 0.3) is 5.56 Å². The summed E-state index contributed by atoms with van der Waals surface area (Å²) in [4.78, 5) is 31.7. The third-order valence-corrected chi connectivity index (χ3v) is 5.11. The molecule has 3 heterocycles. The molecule has 0 aromatic carbocycles. The number of hydrogen-bond donors (Lipinski definition) is 2. The Morgan fingerprint density at radius 3 is 2.80 bits per heavy atom. The first-order valence-electron chi connectivity index (χ1n) is 8.09. The van der Waals surface area contributed by atoms with Gasteiger partial charge in [-0.25, -0.2) is 4.98 Å². The Bertz CT molecular complexity index is 999. The number of H-pyrrole nitrogens is 1. The fourth-order valence-electron chi connectivity index (χ4n) is 3.06. The SMILES string of the molecule is Cc1nc(CNC(=O)CCc2c(C)c3c(C)nn(C)c3[nH]c2=O)cs1. The first-order valence-corrected chi connectivity index (χ1v) is 8.97. The molecule has 3 aromatic rings. The Hall–Kier alpha value is -2.48. The van der Waals surface area contributed by atoms with Crippen LogP contribution in [0.5, 0.6) is 0 Å². The lowest BCUT2D eigenvalue weighted by molar-refractivity contribution is -0.121. The van der Waals surface area contributed by atoms with Crippen molar-refractivity contribution >= 4 is 28.3 Å². The van der Waals surface area contributed by atoms with Gasteiger partial charge in [0.1, 0.15) is 5.65 Å². The summed E-state index contributed by atoms with van der Waals surface area (Å²) in [7, 11) is 1.80. The van der Waals surface area contributed by atoms with Crippen molar-refractivity contribution in [3.8, 4) is 0 Å². The van der Waals surface area contributed by atoms with Gasteiger partial charge in [-0.3, -0.25) is 14.3 Å². The molecule has 0 aliphatic heterocycles. The second-order valence-electron chi connectivity index (χ2n) is 6.12. The van der Waals surface area contributed by atoms with Gasteiger partial charge in [0.2, 0.25) is 5.91 Å². The normalized spacial score (nSPS) is 11.2. The molecule has 1 amide bonds. The standard InChI is InChI=1S/C17H21N5O2S/c1-9-13(17(24)20-16-15(9)10(2)21-22(16)4)5-6-14(23)18-7-12-8-25-11(3)19-12/h8H,5-7H2,1-4H3,(H,18,23)(H,20,24). The lowest BCUT2D eigenvalue weighted by atomic mass is 10.0. The molecule has 0 aliphatic carbocycles. The van der Waals surface area contributed by atoms with Crippen molar-refractivity contribution in [2.75, 3.05) is 0 Å². The van der Waals surface area contributed by atoms with Gasteiger partial charge in [0.15, 0.2) is 0 Å². The maximum Gasteiger partial charge on any atom is 0.253 e. The smallest absolute Gasteiger partial charge is 0.253 e. The van der Waals surface area contributed by atoms with Gasteiger partial charge in [-0.1, -0.05) is 0 Å². The summed E-state index contributed by atoms with van der Waals surface area (Å²) in [6, 6.07) is 0. The summed E-state index contributed by atoms with van der Waals surface area (Å²) < 4.78 is 1.67. The molecule has 0 atom stereocenters. The molecule has 2 N–H and O–H groups in total. The summed E-state index contributed by atoms with van der Waals surface area (Å²) in [6.45, 7) is 6.18. The van der Waals surface area contributed by atoms with E-state index >= 15 is 0 Å². The van der Waals surface area contributed by atoms with Crippen LogP contribution in [-0.4, -0.2) is 25.7 Å². The number of aryl methyl sites for hydroxylation is 4. The highest BCUT2D eigenvalue weighted by Gasteiger charge is 2.15. The summed E-state index contributed by atoms with van der Waals surface area (Å²) >= 11 is 1.56. The van der Waals surface area contributed by atoms with Gasteiger partial charge >= 0.3 is 0 Å². The highest BCUT2D eigenvalue weighted by atomic mass is 32.1. The summed E-state index contributed by atoms with van der Waals surface area (Å²) in [5.41, 5.74) is 3.83. The zero-order chi connectivity index (χ0) is 18.1. The lowest BCUT2D eigenvalue weighted by Gasteiger charge is -2.07. The van der Waals surface area contributed by atoms with Crippen LogP contribution in [-0.2, 0) is 24.8 Å². The van der Waals surface area contributed by atoms with Crippen molar-refractivity contribution in [3.05, 3.63) is 43.3 Å². The van der Waals surface area contributed by atoms with Crippen molar-refractivity contribution < 1.29 is 4.79 Å². The maximum atomic E-state index is 12.4. The number of nitrogens with one attached hydrogen (secondary N) is 2. The number of nitrogens with zero attached hydrogens (tertiary/aromatic N) is 3. The lowest BCUT2D eigenvalue weighted by Crippen LogP contribution is -2.25. The van der Waals surface area contributed by atoms with Gasteiger partial charge < -0.3 is 10.3 Å². The van der Waals surface area contributed by atoms with E-state index in [0.717, 1.165) is 27.3 Å². The van der Waals surface area contributed by atoms with Gasteiger partial charge in [-0.05, 0) is 32.8 Å². The maximum absolute atomic E-state index is 12.4. The van der Waals surface area contributed by atoms with E-state index in [1.807, 2.05) is 26.2 Å². The first-order chi connectivity index (χ1) is 11.9. The number of carbonyl (C=O) groups is 1. The van der Waals surface area contributed by atoms with E-state index in [9.17, 15) is 9.59 Å². The third kappa shape index (κ3) is 3.48. The summed E-state index contributed by atoms with van der Waals surface area (Å²) in [5, 5.41) is 11.1. The molecule has 0 unspecified atom stereocenters. The van der Waals surface area contributed by atoms with Gasteiger partial charge in [0.05, 0.1) is 22.9 Å². The highest BCUT2D eigenvalue weighted by molar-refractivity contribution is 7.09. The van der Waals surface area contributed by atoms with E-state index in [1.165, 1.54) is 0 Å². The van der Waals surface area contributed by atoms with Crippen LogP contribution in [0, 0.1) is 20.8 Å². The predicted octanol–water partition coefficient (Wildman–Crippen LogP) is 1.89. The number of hydrogen-bond acceptors (Lipinski definition) is 5. The van der Waals surface area contributed by atoms with Crippen molar-refractivity contribution in [1.29, 1.82) is 0 Å². The number of carbonyl (C=O) groups excluding carboxylic acids is 1. The Balaban J connectivity index is 1.71. The molecule has 0 aliphatic rings. The molecule has 3 aromatic heterocycles. The fraction of sp³-hybridized carbons (Fsp3) is 0.412. The molecule has 3 rings (SSSR count). The van der Waals surface area contributed by atoms with Gasteiger partial charge in [-0.2, -0.15) is 5.10 Å². The van der Waals surface area contributed by atoms with E-state index in [4.69, 9.17) is 0 Å². The summed E-state index contributed by atoms with van der Waals surface area (Å²) in [5.74, 6) is -0.0903. The molecule has 0 saturated heterocycles. The minimum absolute atomic E-state index is 0.0903. The van der Waals surface area contributed by atoms with Gasteiger partial charge in [0, 0.05) is 29.8 Å². The van der Waals surface area contributed by atoms with E-state index in [2.05, 4.69) is 20.4 Å². The van der Waals surface area contributed by atoms with Crippen molar-refractivity contribution in [2.24, 2.45) is 7.05 Å². The quantitative estimate of drug-likeness (QED) is 0.728. The average molecular weight is 359 g/mol. The topological polar surface area (TPSA) is 92.7 Å². The Kier molecular flexibility index (Phi) is 4.71. The minimum Gasteiger partial charge on any atom is -0.350 e. The Morgan fingerprint density at radius 1 is 1.36 bits per heavy atom. The van der Waals surface area contributed by atoms with Crippen LogP contribution in [0.2, 0.25) is 0 Å². The molecule has 25 heavy (non-hydrogen) atoms. The zero-order valence-corrected chi connectivity index (χ0v) is 15.6. The minimum atomic E-state index is -0.157. The summed E-state index contributed by atoms with van der Waals surface area (Å²) in [6.07, 6.45) is 0.658. The molecular weight excluding hydrogens is 338 g/mol. The first kappa shape index (κ1) is 17.3. The van der Waals surface area contributed by atoms with E-state index < -0.39 is 0 Å². The number of pyridine rings is 1. The molecule has 0 spiro atoms. The molecule has 0 bridgehead atoms. The van der Waals surface area contributed by atoms with E-state index in [-0.39, 0.29) is 17.9 Å². The molecule has 0 fully saturated rings. The average Bonchev–Trinajstić information content (AvgIpc) is 3.08. The van der Waals surface area contributed by atoms with Crippen molar-refractivity contribution in [2.45, 2.75) is 40.2 Å². The zero-order valence-electron chi connectivity index (χ0n) is 14.8. The van der Waals surface area contributed by atoms with Crippen LogP contribution in [0.1, 0.15) is 33.9 Å².